The number of methoxy groups -OCH3 is 1. The van der Waals surface area contributed by atoms with E-state index in [1.165, 1.54) is 4.68 Å². The van der Waals surface area contributed by atoms with Crippen LogP contribution >= 0.6 is 0 Å². The molecule has 2 rings (SSSR count). The molecule has 2 heterocycles. The second-order valence-corrected chi connectivity index (χ2v) is 4.18. The molecule has 21 heavy (non-hydrogen) atoms. The monoisotopic (exact) mass is 295 g/mol. The normalized spacial score (nSPS) is 10.8. The third kappa shape index (κ3) is 3.44. The quantitative estimate of drug-likeness (QED) is 0.714. The van der Waals surface area contributed by atoms with Crippen molar-refractivity contribution in [3.8, 4) is 0 Å². The molecule has 0 aliphatic carbocycles. The van der Waals surface area contributed by atoms with Gasteiger partial charge in [-0.1, -0.05) is 10.4 Å². The van der Waals surface area contributed by atoms with Crippen molar-refractivity contribution in [3.05, 3.63) is 28.9 Å². The van der Waals surface area contributed by atoms with E-state index in [2.05, 4.69) is 15.5 Å². The number of nitrogens with two attached hydrogens (primary N) is 1. The molecule has 0 unspecified atom stereocenters. The first kappa shape index (κ1) is 15.1. The van der Waals surface area contributed by atoms with Crippen LogP contribution in [-0.2, 0) is 29.2 Å². The first-order valence-corrected chi connectivity index (χ1v) is 6.42. The lowest BCUT2D eigenvalue weighted by Gasteiger charge is -2.03. The average molecular weight is 295 g/mol. The number of hydrogen-bond donors (Lipinski definition) is 1. The van der Waals surface area contributed by atoms with Gasteiger partial charge >= 0.3 is 5.97 Å². The molecule has 0 saturated carbocycles. The molecule has 2 N–H and O–H groups in total. The van der Waals surface area contributed by atoms with Gasteiger partial charge in [-0.05, 0) is 6.92 Å². The minimum Gasteiger partial charge on any atom is -0.461 e. The second kappa shape index (κ2) is 6.95. The van der Waals surface area contributed by atoms with E-state index in [9.17, 15) is 4.79 Å². The molecule has 2 aromatic rings. The molecule has 0 aromatic carbocycles. The summed E-state index contributed by atoms with van der Waals surface area (Å²) < 4.78 is 16.4. The van der Waals surface area contributed by atoms with Gasteiger partial charge in [0.15, 0.2) is 11.5 Å². The third-order valence-electron chi connectivity index (χ3n) is 2.71. The van der Waals surface area contributed by atoms with Gasteiger partial charge in [0.1, 0.15) is 12.3 Å². The summed E-state index contributed by atoms with van der Waals surface area (Å²) in [6, 6.07) is 1.75. The van der Waals surface area contributed by atoms with E-state index >= 15 is 0 Å². The highest BCUT2D eigenvalue weighted by atomic mass is 16.5. The third-order valence-corrected chi connectivity index (χ3v) is 2.71. The van der Waals surface area contributed by atoms with Crippen molar-refractivity contribution in [2.24, 2.45) is 5.73 Å². The molecule has 9 heteroatoms. The average Bonchev–Trinajstić information content (AvgIpc) is 3.07. The fourth-order valence-corrected chi connectivity index (χ4v) is 1.81. The molecule has 0 saturated heterocycles. The van der Waals surface area contributed by atoms with Crippen molar-refractivity contribution in [2.75, 3.05) is 13.7 Å². The van der Waals surface area contributed by atoms with Crippen molar-refractivity contribution in [2.45, 2.75) is 26.6 Å². The maximum Gasteiger partial charge on any atom is 0.360 e. The van der Waals surface area contributed by atoms with E-state index in [0.29, 0.717) is 30.3 Å². The summed E-state index contributed by atoms with van der Waals surface area (Å²) in [6.07, 6.45) is 0. The van der Waals surface area contributed by atoms with Crippen LogP contribution in [0.5, 0.6) is 0 Å². The Bertz CT molecular complexity index is 607. The molecule has 0 bridgehead atoms. The van der Waals surface area contributed by atoms with Crippen LogP contribution in [0, 0.1) is 0 Å². The summed E-state index contributed by atoms with van der Waals surface area (Å²) in [4.78, 5) is 11.7. The van der Waals surface area contributed by atoms with Crippen LogP contribution in [0.3, 0.4) is 0 Å². The van der Waals surface area contributed by atoms with Gasteiger partial charge in [0.05, 0.1) is 18.8 Å². The molecule has 0 radical (unpaired) electrons. The zero-order valence-corrected chi connectivity index (χ0v) is 11.9. The molecule has 114 valence electrons. The molecule has 0 atom stereocenters. The Labute approximate surface area is 121 Å². The topological polar surface area (TPSA) is 118 Å². The lowest BCUT2D eigenvalue weighted by atomic mass is 10.3. The number of carbonyl (C=O) groups excluding carboxylic acids is 1. The predicted molar refractivity (Wildman–Crippen MR) is 70.2 cm³/mol. The smallest absolute Gasteiger partial charge is 0.360 e. The number of nitrogens with zero attached hydrogens (tertiary/aromatic N) is 4. The van der Waals surface area contributed by atoms with Gasteiger partial charge in [0.25, 0.3) is 0 Å². The van der Waals surface area contributed by atoms with E-state index < -0.39 is 5.97 Å². The van der Waals surface area contributed by atoms with E-state index in [4.69, 9.17) is 19.7 Å². The van der Waals surface area contributed by atoms with Crippen molar-refractivity contribution >= 4 is 5.97 Å². The molecule has 0 fully saturated rings. The molecule has 2 aromatic heterocycles. The van der Waals surface area contributed by atoms with E-state index in [0.717, 1.165) is 0 Å². The van der Waals surface area contributed by atoms with Crippen LogP contribution in [0.1, 0.15) is 34.6 Å². The van der Waals surface area contributed by atoms with E-state index in [-0.39, 0.29) is 18.8 Å². The van der Waals surface area contributed by atoms with Gasteiger partial charge in [-0.15, -0.1) is 5.10 Å². The molecule has 9 nitrogen and oxygen atoms in total. The number of carbonyl (C=O) groups is 1. The maximum atomic E-state index is 11.7. The lowest BCUT2D eigenvalue weighted by Crippen LogP contribution is -2.14. The Morgan fingerprint density at radius 2 is 2.33 bits per heavy atom. The first-order valence-electron chi connectivity index (χ1n) is 6.42. The minimum atomic E-state index is -0.538. The zero-order chi connectivity index (χ0) is 15.2. The summed E-state index contributed by atoms with van der Waals surface area (Å²) in [7, 11) is 1.57. The molecule has 0 aliphatic heterocycles. The first-order chi connectivity index (χ1) is 10.2. The Kier molecular flexibility index (Phi) is 5.01. The van der Waals surface area contributed by atoms with Gasteiger partial charge < -0.3 is 19.7 Å². The van der Waals surface area contributed by atoms with Crippen molar-refractivity contribution in [1.29, 1.82) is 0 Å². The summed E-state index contributed by atoms with van der Waals surface area (Å²) in [5.74, 6) is 0.0666. The van der Waals surface area contributed by atoms with Gasteiger partial charge in [-0.25, -0.2) is 9.48 Å². The van der Waals surface area contributed by atoms with E-state index in [1.807, 2.05) is 0 Å². The van der Waals surface area contributed by atoms with Gasteiger partial charge in [-0.3, -0.25) is 0 Å². The van der Waals surface area contributed by atoms with Crippen LogP contribution < -0.4 is 5.73 Å². The maximum absolute atomic E-state index is 11.7. The van der Waals surface area contributed by atoms with Crippen LogP contribution in [-0.4, -0.2) is 39.8 Å². The summed E-state index contributed by atoms with van der Waals surface area (Å²) >= 11 is 0. The predicted octanol–water partition coefficient (Wildman–Crippen LogP) is 0.0962. The van der Waals surface area contributed by atoms with E-state index in [1.54, 1.807) is 20.1 Å². The summed E-state index contributed by atoms with van der Waals surface area (Å²) in [6.45, 7) is 2.73. The molecule has 0 spiro atoms. The standard InChI is InChI=1S/C12H17N5O4/c1-3-20-12(18)11-10(5-13)17(16-14-11)6-8-4-9(7-19-2)21-15-8/h4H,3,5-7,13H2,1-2H3. The SMILES string of the molecule is CCOC(=O)c1nnn(Cc2cc(COC)on2)c1CN. The highest BCUT2D eigenvalue weighted by molar-refractivity contribution is 5.88. The highest BCUT2D eigenvalue weighted by Gasteiger charge is 2.20. The van der Waals surface area contributed by atoms with Crippen LogP contribution in [0.4, 0.5) is 0 Å². The van der Waals surface area contributed by atoms with Gasteiger partial charge in [-0.2, -0.15) is 0 Å². The van der Waals surface area contributed by atoms with Crippen molar-refractivity contribution in [3.63, 3.8) is 0 Å². The summed E-state index contributed by atoms with van der Waals surface area (Å²) in [5.41, 5.74) is 6.92. The second-order valence-electron chi connectivity index (χ2n) is 4.18. The van der Waals surface area contributed by atoms with Crippen LogP contribution in [0.25, 0.3) is 0 Å². The number of esters is 1. The Morgan fingerprint density at radius 3 is 3.00 bits per heavy atom. The number of rotatable bonds is 7. The fourth-order valence-electron chi connectivity index (χ4n) is 1.81. The Morgan fingerprint density at radius 1 is 1.52 bits per heavy atom. The minimum absolute atomic E-state index is 0.115. The van der Waals surface area contributed by atoms with Crippen molar-refractivity contribution in [1.82, 2.24) is 20.2 Å². The van der Waals surface area contributed by atoms with Crippen LogP contribution in [0.2, 0.25) is 0 Å². The molecule has 0 amide bonds. The number of ether oxygens (including phenoxy) is 2. The largest absolute Gasteiger partial charge is 0.461 e. The highest BCUT2D eigenvalue weighted by Crippen LogP contribution is 2.11. The molecule has 0 aliphatic rings. The number of hydrogen-bond acceptors (Lipinski definition) is 8. The van der Waals surface area contributed by atoms with Gasteiger partial charge in [0, 0.05) is 19.7 Å². The van der Waals surface area contributed by atoms with Crippen molar-refractivity contribution < 1.29 is 18.8 Å². The van der Waals surface area contributed by atoms with Gasteiger partial charge in [0.2, 0.25) is 0 Å². The Balaban J connectivity index is 2.17. The molecular weight excluding hydrogens is 278 g/mol. The number of aromatic nitrogens is 4. The lowest BCUT2D eigenvalue weighted by molar-refractivity contribution is 0.0518. The molecular formula is C12H17N5O4. The summed E-state index contributed by atoms with van der Waals surface area (Å²) in [5, 5.41) is 11.6. The van der Waals surface area contributed by atoms with Crippen LogP contribution in [0.15, 0.2) is 10.6 Å². The fraction of sp³-hybridized carbons (Fsp3) is 0.500. The Hall–Kier alpha value is -2.26. The zero-order valence-electron chi connectivity index (χ0n) is 11.9.